The molecule has 1 aromatic carbocycles. The van der Waals surface area contributed by atoms with Crippen molar-refractivity contribution >= 4 is 17.1 Å². The highest BCUT2D eigenvalue weighted by Crippen LogP contribution is 2.17. The van der Waals surface area contributed by atoms with Gasteiger partial charge in [0.15, 0.2) is 5.78 Å². The second-order valence-electron chi connectivity index (χ2n) is 5.63. The highest BCUT2D eigenvalue weighted by atomic mass is 32.1. The van der Waals surface area contributed by atoms with Crippen LogP contribution in [-0.4, -0.2) is 28.8 Å². The number of carbonyl (C=O) groups is 1. The van der Waals surface area contributed by atoms with E-state index in [0.29, 0.717) is 6.54 Å². The van der Waals surface area contributed by atoms with E-state index in [1.165, 1.54) is 0 Å². The summed E-state index contributed by atoms with van der Waals surface area (Å²) in [4.78, 5) is 19.2. The van der Waals surface area contributed by atoms with Crippen LogP contribution in [-0.2, 0) is 6.54 Å². The first kappa shape index (κ1) is 15.9. The third-order valence-corrected chi connectivity index (χ3v) is 4.60. The fourth-order valence-electron chi connectivity index (χ4n) is 2.30. The first-order valence-electron chi connectivity index (χ1n) is 7.11. The molecule has 112 valence electrons. The number of Topliss-reactive ketones (excluding diaryl/α,β-unsaturated/α-hetero) is 1. The zero-order chi connectivity index (χ0) is 15.6. The molecule has 0 aliphatic rings. The van der Waals surface area contributed by atoms with Gasteiger partial charge in [0.05, 0.1) is 16.7 Å². The van der Waals surface area contributed by atoms with Gasteiger partial charge in [-0.2, -0.15) is 0 Å². The Kier molecular flexibility index (Phi) is 4.91. The molecule has 3 nitrogen and oxygen atoms in total. The van der Waals surface area contributed by atoms with Gasteiger partial charge in [0.25, 0.3) is 0 Å². The largest absolute Gasteiger partial charge is 0.292 e. The molecule has 0 fully saturated rings. The molecule has 0 N–H and O–H groups in total. The van der Waals surface area contributed by atoms with Gasteiger partial charge in [-0.1, -0.05) is 17.7 Å². The smallest absolute Gasteiger partial charge is 0.179 e. The third kappa shape index (κ3) is 3.77. The molecule has 0 aliphatic heterocycles. The van der Waals surface area contributed by atoms with Crippen molar-refractivity contribution in [2.75, 3.05) is 7.05 Å². The molecule has 0 amide bonds. The molecule has 21 heavy (non-hydrogen) atoms. The predicted octanol–water partition coefficient (Wildman–Crippen LogP) is 3.77. The Bertz CT molecular complexity index is 648. The minimum absolute atomic E-state index is 0.160. The number of ketones is 1. The molecule has 2 rings (SSSR count). The Morgan fingerprint density at radius 3 is 2.67 bits per heavy atom. The number of hydrogen-bond acceptors (Lipinski definition) is 4. The molecule has 0 saturated carbocycles. The SMILES string of the molecule is Cc1ccc(C)c(C(=O)C(C)N(C)Cc2csc(C)n2)c1. The van der Waals surface area contributed by atoms with Crippen LogP contribution in [0.15, 0.2) is 23.6 Å². The van der Waals surface area contributed by atoms with Crippen molar-refractivity contribution in [2.24, 2.45) is 0 Å². The average Bonchev–Trinajstić information content (AvgIpc) is 2.85. The Morgan fingerprint density at radius 2 is 2.05 bits per heavy atom. The van der Waals surface area contributed by atoms with E-state index in [9.17, 15) is 4.79 Å². The normalized spacial score (nSPS) is 12.7. The van der Waals surface area contributed by atoms with Gasteiger partial charge in [-0.15, -0.1) is 11.3 Å². The van der Waals surface area contributed by atoms with Crippen LogP contribution in [0.2, 0.25) is 0 Å². The second kappa shape index (κ2) is 6.50. The first-order chi connectivity index (χ1) is 9.88. The number of carbonyl (C=O) groups excluding carboxylic acids is 1. The summed E-state index contributed by atoms with van der Waals surface area (Å²) in [5, 5.41) is 3.12. The van der Waals surface area contributed by atoms with E-state index in [2.05, 4.69) is 15.3 Å². The Morgan fingerprint density at radius 1 is 1.33 bits per heavy atom. The van der Waals surface area contributed by atoms with Crippen LogP contribution in [0.25, 0.3) is 0 Å². The van der Waals surface area contributed by atoms with Crippen LogP contribution >= 0.6 is 11.3 Å². The summed E-state index contributed by atoms with van der Waals surface area (Å²) in [6.45, 7) is 8.66. The second-order valence-corrected chi connectivity index (χ2v) is 6.69. The van der Waals surface area contributed by atoms with E-state index < -0.39 is 0 Å². The Labute approximate surface area is 130 Å². The van der Waals surface area contributed by atoms with Gasteiger partial charge in [0.1, 0.15) is 0 Å². The number of aryl methyl sites for hydroxylation is 3. The van der Waals surface area contributed by atoms with Crippen molar-refractivity contribution in [2.45, 2.75) is 40.3 Å². The van der Waals surface area contributed by atoms with Gasteiger partial charge in [0, 0.05) is 17.5 Å². The zero-order valence-electron chi connectivity index (χ0n) is 13.3. The number of rotatable bonds is 5. The Balaban J connectivity index is 2.12. The standard InChI is InChI=1S/C17H22N2OS/c1-11-6-7-12(2)16(8-11)17(20)13(3)19(5)9-15-10-21-14(4)18-15/h6-8,10,13H,9H2,1-5H3. The number of benzene rings is 1. The van der Waals surface area contributed by atoms with E-state index in [1.54, 1.807) is 11.3 Å². The van der Waals surface area contributed by atoms with Crippen molar-refractivity contribution in [1.29, 1.82) is 0 Å². The lowest BCUT2D eigenvalue weighted by molar-refractivity contribution is 0.0860. The minimum atomic E-state index is -0.160. The lowest BCUT2D eigenvalue weighted by Crippen LogP contribution is -2.36. The van der Waals surface area contributed by atoms with Crippen LogP contribution < -0.4 is 0 Å². The zero-order valence-corrected chi connectivity index (χ0v) is 14.1. The molecule has 0 saturated heterocycles. The minimum Gasteiger partial charge on any atom is -0.292 e. The lowest BCUT2D eigenvalue weighted by atomic mass is 9.98. The molecular weight excluding hydrogens is 280 g/mol. The third-order valence-electron chi connectivity index (χ3n) is 3.78. The van der Waals surface area contributed by atoms with E-state index in [0.717, 1.165) is 27.4 Å². The van der Waals surface area contributed by atoms with E-state index in [-0.39, 0.29) is 11.8 Å². The van der Waals surface area contributed by atoms with Gasteiger partial charge < -0.3 is 0 Å². The van der Waals surface area contributed by atoms with Gasteiger partial charge in [-0.25, -0.2) is 4.98 Å². The number of nitrogens with zero attached hydrogens (tertiary/aromatic N) is 2. The summed E-state index contributed by atoms with van der Waals surface area (Å²) >= 11 is 1.64. The summed E-state index contributed by atoms with van der Waals surface area (Å²) < 4.78 is 0. The molecular formula is C17H22N2OS. The lowest BCUT2D eigenvalue weighted by Gasteiger charge is -2.23. The van der Waals surface area contributed by atoms with E-state index in [4.69, 9.17) is 0 Å². The van der Waals surface area contributed by atoms with Crippen LogP contribution in [0, 0.1) is 20.8 Å². The van der Waals surface area contributed by atoms with Crippen molar-refractivity contribution < 1.29 is 4.79 Å². The van der Waals surface area contributed by atoms with Gasteiger partial charge in [0.2, 0.25) is 0 Å². The maximum Gasteiger partial charge on any atom is 0.179 e. The molecule has 1 unspecified atom stereocenters. The summed E-state index contributed by atoms with van der Waals surface area (Å²) in [7, 11) is 1.97. The van der Waals surface area contributed by atoms with E-state index in [1.807, 2.05) is 52.9 Å². The van der Waals surface area contributed by atoms with Crippen molar-refractivity contribution in [3.05, 3.63) is 51.0 Å². The summed E-state index contributed by atoms with van der Waals surface area (Å²) in [6.07, 6.45) is 0. The van der Waals surface area contributed by atoms with Crippen LogP contribution in [0.3, 0.4) is 0 Å². The van der Waals surface area contributed by atoms with Crippen molar-refractivity contribution in [3.8, 4) is 0 Å². The summed E-state index contributed by atoms with van der Waals surface area (Å²) in [5.41, 5.74) is 4.01. The fraction of sp³-hybridized carbons (Fsp3) is 0.412. The molecule has 0 radical (unpaired) electrons. The monoisotopic (exact) mass is 302 g/mol. The molecule has 0 aliphatic carbocycles. The molecule has 1 heterocycles. The fourth-order valence-corrected chi connectivity index (χ4v) is 2.90. The first-order valence-corrected chi connectivity index (χ1v) is 7.99. The molecule has 1 atom stereocenters. The van der Waals surface area contributed by atoms with Gasteiger partial charge >= 0.3 is 0 Å². The van der Waals surface area contributed by atoms with Crippen LogP contribution in [0.1, 0.15) is 39.1 Å². The summed E-state index contributed by atoms with van der Waals surface area (Å²) in [5.74, 6) is 0.172. The molecule has 0 bridgehead atoms. The number of hydrogen-bond donors (Lipinski definition) is 0. The Hall–Kier alpha value is -1.52. The van der Waals surface area contributed by atoms with Crippen LogP contribution in [0.4, 0.5) is 0 Å². The highest BCUT2D eigenvalue weighted by molar-refractivity contribution is 7.09. The van der Waals surface area contributed by atoms with Gasteiger partial charge in [-0.05, 0) is 46.4 Å². The van der Waals surface area contributed by atoms with Gasteiger partial charge in [-0.3, -0.25) is 9.69 Å². The number of likely N-dealkylation sites (N-methyl/N-ethyl adjacent to an activating group) is 1. The maximum atomic E-state index is 12.7. The predicted molar refractivity (Wildman–Crippen MR) is 88.0 cm³/mol. The number of aromatic nitrogens is 1. The molecule has 4 heteroatoms. The average molecular weight is 302 g/mol. The van der Waals surface area contributed by atoms with E-state index >= 15 is 0 Å². The van der Waals surface area contributed by atoms with Crippen molar-refractivity contribution in [3.63, 3.8) is 0 Å². The molecule has 2 aromatic rings. The maximum absolute atomic E-state index is 12.7. The van der Waals surface area contributed by atoms with Crippen molar-refractivity contribution in [1.82, 2.24) is 9.88 Å². The molecule has 0 spiro atoms. The van der Waals surface area contributed by atoms with Crippen LogP contribution in [0.5, 0.6) is 0 Å². The molecule has 1 aromatic heterocycles. The summed E-state index contributed by atoms with van der Waals surface area (Å²) in [6, 6.07) is 5.87. The topological polar surface area (TPSA) is 33.2 Å². The highest BCUT2D eigenvalue weighted by Gasteiger charge is 2.21. The quantitative estimate of drug-likeness (QED) is 0.788. The number of thiazole rings is 1.